The number of hydrogen-bond acceptors (Lipinski definition) is 6. The van der Waals surface area contributed by atoms with Gasteiger partial charge in [-0.2, -0.15) is 4.98 Å². The second kappa shape index (κ2) is 17.8. The standard InChI is InChI=1S/C38H50ClF2N7OS/c1-4-8-34(47(17-6-15-40)18-7-16-44-24(2)42)29-14-13-28(22-35(29)50-3)48-23-27-21-33(45-37(27)46-38(48)49)30-19-25(20-31(39)36(30)41)9-5-10-32(43)26-11-12-26/h13-14,19-23,26,32,34H,4-12,15-18,43H2,1-3H3,(H2,42,44)(H,45,46,49). The van der Waals surface area contributed by atoms with Crippen molar-refractivity contribution >= 4 is 40.2 Å². The van der Waals surface area contributed by atoms with Crippen LogP contribution in [0.5, 0.6) is 0 Å². The van der Waals surface area contributed by atoms with Crippen LogP contribution < -0.4 is 17.2 Å². The Kier molecular flexibility index (Phi) is 13.5. The van der Waals surface area contributed by atoms with Crippen LogP contribution in [0.2, 0.25) is 5.02 Å². The number of hydrogen-bond donors (Lipinski definition) is 3. The number of alkyl halides is 1. The summed E-state index contributed by atoms with van der Waals surface area (Å²) in [6, 6.07) is 11.6. The van der Waals surface area contributed by atoms with Crippen LogP contribution in [0.4, 0.5) is 8.78 Å². The highest BCUT2D eigenvalue weighted by molar-refractivity contribution is 7.98. The number of halogens is 3. The number of nitrogens with zero attached hydrogens (tertiary/aromatic N) is 4. The summed E-state index contributed by atoms with van der Waals surface area (Å²) in [7, 11) is 0. The maximum absolute atomic E-state index is 15.4. The van der Waals surface area contributed by atoms with Gasteiger partial charge in [-0.25, -0.2) is 9.18 Å². The third-order valence-electron chi connectivity index (χ3n) is 9.52. The van der Waals surface area contributed by atoms with Gasteiger partial charge in [0.25, 0.3) is 0 Å². The van der Waals surface area contributed by atoms with Gasteiger partial charge in [0.15, 0.2) is 5.82 Å². The number of rotatable bonds is 19. The monoisotopic (exact) mass is 725 g/mol. The van der Waals surface area contributed by atoms with E-state index >= 15 is 4.39 Å². The molecule has 2 unspecified atom stereocenters. The average Bonchev–Trinajstić information content (AvgIpc) is 3.87. The van der Waals surface area contributed by atoms with Crippen molar-refractivity contribution in [3.63, 3.8) is 0 Å². The number of nitrogens with one attached hydrogen (secondary N) is 1. The molecule has 2 aromatic heterocycles. The number of fused-ring (bicyclic) bond motifs is 1. The van der Waals surface area contributed by atoms with E-state index in [1.807, 2.05) is 24.5 Å². The maximum Gasteiger partial charge on any atom is 0.354 e. The Morgan fingerprint density at radius 1 is 1.18 bits per heavy atom. The molecule has 0 radical (unpaired) electrons. The molecule has 2 aromatic carbocycles. The minimum absolute atomic E-state index is 0.0590. The molecule has 270 valence electrons. The number of H-pyrrole nitrogens is 1. The molecule has 4 aromatic rings. The summed E-state index contributed by atoms with van der Waals surface area (Å²) < 4.78 is 30.2. The van der Waals surface area contributed by atoms with E-state index in [-0.39, 0.29) is 23.8 Å². The van der Waals surface area contributed by atoms with Gasteiger partial charge in [-0.1, -0.05) is 31.0 Å². The summed E-state index contributed by atoms with van der Waals surface area (Å²) in [5, 5.41) is 0.728. The number of nitrogens with two attached hydrogens (primary N) is 2. The fourth-order valence-corrected chi connectivity index (χ4v) is 7.68. The lowest BCUT2D eigenvalue weighted by molar-refractivity contribution is 0.175. The lowest BCUT2D eigenvalue weighted by Gasteiger charge is -2.33. The SMILES string of the molecule is CCCC(c1ccc(-n2cc3cc(-c4cc(CCCC(N)C5CC5)cc(Cl)c4F)[nH]c3nc2=O)cc1SC)N(CCCF)CCCN=C(C)N. The Morgan fingerprint density at radius 2 is 1.96 bits per heavy atom. The predicted octanol–water partition coefficient (Wildman–Crippen LogP) is 8.23. The molecular formula is C38H50ClF2N7OS. The topological polar surface area (TPSA) is 118 Å². The van der Waals surface area contributed by atoms with Crippen LogP contribution in [0.15, 0.2) is 57.3 Å². The summed E-state index contributed by atoms with van der Waals surface area (Å²) >= 11 is 7.97. The van der Waals surface area contributed by atoms with Crippen LogP contribution in [-0.4, -0.2) is 63.9 Å². The fraction of sp³-hybridized carbons (Fsp3) is 0.500. The minimum Gasteiger partial charge on any atom is -0.388 e. The van der Waals surface area contributed by atoms with E-state index in [1.54, 1.807) is 37.0 Å². The number of aromatic amines is 1. The van der Waals surface area contributed by atoms with Crippen LogP contribution in [0.1, 0.15) is 82.4 Å². The first kappa shape index (κ1) is 38.0. The summed E-state index contributed by atoms with van der Waals surface area (Å²) in [5.74, 6) is 0.686. The van der Waals surface area contributed by atoms with Crippen molar-refractivity contribution in [2.75, 3.05) is 32.6 Å². The molecule has 2 heterocycles. The molecule has 5 rings (SSSR count). The summed E-state index contributed by atoms with van der Waals surface area (Å²) in [6.45, 7) is 5.61. The first-order valence-corrected chi connectivity index (χ1v) is 19.3. The average molecular weight is 726 g/mol. The number of thioether (sulfide) groups is 1. The van der Waals surface area contributed by atoms with Gasteiger partial charge in [-0.3, -0.25) is 18.8 Å². The van der Waals surface area contributed by atoms with Crippen LogP contribution in [-0.2, 0) is 6.42 Å². The highest BCUT2D eigenvalue weighted by Crippen LogP contribution is 2.36. The van der Waals surface area contributed by atoms with E-state index in [0.29, 0.717) is 59.2 Å². The Balaban J connectivity index is 1.42. The zero-order valence-corrected chi connectivity index (χ0v) is 30.9. The van der Waals surface area contributed by atoms with Gasteiger partial charge in [-0.05, 0) is 112 Å². The third kappa shape index (κ3) is 9.54. The molecule has 8 nitrogen and oxygen atoms in total. The van der Waals surface area contributed by atoms with E-state index in [1.165, 1.54) is 17.4 Å². The van der Waals surface area contributed by atoms with Crippen molar-refractivity contribution in [2.24, 2.45) is 22.4 Å². The van der Waals surface area contributed by atoms with Crippen molar-refractivity contribution in [3.8, 4) is 16.9 Å². The molecule has 0 amide bonds. The lowest BCUT2D eigenvalue weighted by Crippen LogP contribution is -2.32. The largest absolute Gasteiger partial charge is 0.388 e. The quantitative estimate of drug-likeness (QED) is 0.0388. The number of amidine groups is 1. The normalized spacial score (nSPS) is 14.9. The number of benzene rings is 2. The Bertz CT molecular complexity index is 1840. The van der Waals surface area contributed by atoms with E-state index in [4.69, 9.17) is 23.1 Å². The second-order valence-corrected chi connectivity index (χ2v) is 14.7. The fourth-order valence-electron chi connectivity index (χ4n) is 6.76. The van der Waals surface area contributed by atoms with Gasteiger partial charge >= 0.3 is 5.69 Å². The number of aliphatic imine (C=N–C) groups is 1. The molecular weight excluding hydrogens is 676 g/mol. The van der Waals surface area contributed by atoms with Gasteiger partial charge in [0.05, 0.1) is 28.9 Å². The molecule has 0 spiro atoms. The molecule has 5 N–H and O–H groups in total. The second-order valence-electron chi connectivity index (χ2n) is 13.4. The highest BCUT2D eigenvalue weighted by Gasteiger charge is 2.28. The van der Waals surface area contributed by atoms with Crippen molar-refractivity contribution in [1.29, 1.82) is 0 Å². The van der Waals surface area contributed by atoms with E-state index in [2.05, 4.69) is 32.9 Å². The molecule has 2 atom stereocenters. The van der Waals surface area contributed by atoms with Crippen LogP contribution in [0, 0.1) is 11.7 Å². The molecule has 1 aliphatic carbocycles. The Labute approximate surface area is 303 Å². The first-order valence-electron chi connectivity index (χ1n) is 17.7. The Morgan fingerprint density at radius 3 is 2.66 bits per heavy atom. The molecule has 0 aliphatic heterocycles. The smallest absolute Gasteiger partial charge is 0.354 e. The van der Waals surface area contributed by atoms with Crippen LogP contribution in [0.3, 0.4) is 0 Å². The Hall–Kier alpha value is -3.25. The van der Waals surface area contributed by atoms with E-state index < -0.39 is 11.5 Å². The van der Waals surface area contributed by atoms with Crippen LogP contribution in [0.25, 0.3) is 28.0 Å². The van der Waals surface area contributed by atoms with Gasteiger partial charge in [0.1, 0.15) is 5.65 Å². The van der Waals surface area contributed by atoms with Crippen molar-refractivity contribution in [3.05, 3.63) is 75.0 Å². The van der Waals surface area contributed by atoms with E-state index in [0.717, 1.165) is 61.1 Å². The highest BCUT2D eigenvalue weighted by atomic mass is 35.5. The minimum atomic E-state index is -0.517. The molecule has 1 fully saturated rings. The molecule has 12 heteroatoms. The van der Waals surface area contributed by atoms with Gasteiger partial charge in [0.2, 0.25) is 0 Å². The van der Waals surface area contributed by atoms with E-state index in [9.17, 15) is 9.18 Å². The molecule has 0 saturated heterocycles. The molecule has 0 bridgehead atoms. The number of aryl methyl sites for hydroxylation is 1. The van der Waals surface area contributed by atoms with Crippen molar-refractivity contribution in [2.45, 2.75) is 88.6 Å². The molecule has 50 heavy (non-hydrogen) atoms. The van der Waals surface area contributed by atoms with Crippen molar-refractivity contribution < 1.29 is 8.78 Å². The lowest BCUT2D eigenvalue weighted by atomic mass is 9.99. The van der Waals surface area contributed by atoms with Gasteiger partial charge < -0.3 is 16.5 Å². The van der Waals surface area contributed by atoms with Gasteiger partial charge in [-0.15, -0.1) is 11.8 Å². The van der Waals surface area contributed by atoms with Gasteiger partial charge in [0, 0.05) is 53.8 Å². The number of aromatic nitrogens is 3. The first-order chi connectivity index (χ1) is 24.1. The third-order valence-corrected chi connectivity index (χ3v) is 10.6. The maximum atomic E-state index is 15.4. The zero-order valence-electron chi connectivity index (χ0n) is 29.4. The summed E-state index contributed by atoms with van der Waals surface area (Å²) in [5.41, 5.74) is 15.6. The summed E-state index contributed by atoms with van der Waals surface area (Å²) in [4.78, 5) is 28.6. The van der Waals surface area contributed by atoms with Crippen LogP contribution >= 0.6 is 23.4 Å². The summed E-state index contributed by atoms with van der Waals surface area (Å²) in [6.07, 6.45) is 11.9. The molecule has 1 aliphatic rings. The van der Waals surface area contributed by atoms with Crippen molar-refractivity contribution in [1.82, 2.24) is 19.4 Å². The predicted molar refractivity (Wildman–Crippen MR) is 204 cm³/mol. The molecule has 1 saturated carbocycles. The zero-order chi connectivity index (χ0) is 35.8.